The molecule has 0 bridgehead atoms. The number of ketones is 1. The van der Waals surface area contributed by atoms with Gasteiger partial charge in [-0.2, -0.15) is 0 Å². The summed E-state index contributed by atoms with van der Waals surface area (Å²) in [5, 5.41) is 0. The van der Waals surface area contributed by atoms with Gasteiger partial charge in [0.25, 0.3) is 0 Å². The molecule has 27 heavy (non-hydrogen) atoms. The molecule has 0 spiro atoms. The third-order valence-corrected chi connectivity index (χ3v) is 5.83. The Balaban J connectivity index is 1.99. The molecule has 7 heteroatoms. The fraction of sp³-hybridized carbons (Fsp3) is 0.250. The van der Waals surface area contributed by atoms with Gasteiger partial charge in [0.05, 0.1) is 4.90 Å². The number of hydrogen-bond donors (Lipinski definition) is 1. The van der Waals surface area contributed by atoms with Crippen molar-refractivity contribution in [2.24, 2.45) is 0 Å². The van der Waals surface area contributed by atoms with Gasteiger partial charge >= 0.3 is 0 Å². The zero-order chi connectivity index (χ0) is 19.9. The number of carbonyl (C=O) groups is 1. The summed E-state index contributed by atoms with van der Waals surface area (Å²) in [6.07, 6.45) is 3.93. The maximum absolute atomic E-state index is 12.3. The van der Waals surface area contributed by atoms with Gasteiger partial charge < -0.3 is 4.90 Å². The van der Waals surface area contributed by atoms with Gasteiger partial charge in [-0.25, -0.2) is 13.1 Å². The minimum absolute atomic E-state index is 0.154. The van der Waals surface area contributed by atoms with Gasteiger partial charge in [-0.05, 0) is 75.1 Å². The van der Waals surface area contributed by atoms with E-state index in [9.17, 15) is 13.2 Å². The van der Waals surface area contributed by atoms with Gasteiger partial charge in [0, 0.05) is 16.6 Å². The molecule has 0 unspecified atom stereocenters. The number of rotatable bonds is 9. The van der Waals surface area contributed by atoms with Crippen molar-refractivity contribution in [3.63, 3.8) is 0 Å². The molecule has 0 aliphatic heterocycles. The monoisotopic (exact) mass is 450 g/mol. The van der Waals surface area contributed by atoms with Crippen molar-refractivity contribution in [3.8, 4) is 0 Å². The molecular weight excluding hydrogens is 428 g/mol. The van der Waals surface area contributed by atoms with Crippen LogP contribution in [-0.2, 0) is 10.0 Å². The highest BCUT2D eigenvalue weighted by Gasteiger charge is 2.13. The van der Waals surface area contributed by atoms with E-state index in [1.54, 1.807) is 6.08 Å². The lowest BCUT2D eigenvalue weighted by Gasteiger charge is -2.10. The number of benzene rings is 2. The number of nitrogens with one attached hydrogen (secondary N) is 1. The molecule has 2 aromatic carbocycles. The normalized spacial score (nSPS) is 12.0. The van der Waals surface area contributed by atoms with E-state index in [1.807, 2.05) is 43.3 Å². The first-order valence-corrected chi connectivity index (χ1v) is 10.8. The molecule has 0 atom stereocenters. The Morgan fingerprint density at radius 1 is 1.07 bits per heavy atom. The first kappa shape index (κ1) is 21.5. The quantitative estimate of drug-likeness (QED) is 0.360. The van der Waals surface area contributed by atoms with Crippen LogP contribution in [0.1, 0.15) is 22.3 Å². The smallest absolute Gasteiger partial charge is 0.240 e. The highest BCUT2D eigenvalue weighted by Crippen LogP contribution is 2.14. The van der Waals surface area contributed by atoms with Crippen LogP contribution in [0.3, 0.4) is 0 Å². The van der Waals surface area contributed by atoms with Crippen LogP contribution >= 0.6 is 15.9 Å². The standard InChI is InChI=1S/C20H23BrN2O3S/c1-23(2)15-3-14-22-27(25,26)19-11-7-17(8-12-19)20(24)13-6-16-4-9-18(21)10-5-16/h4-13,22H,3,14-15H2,1-2H3/b13-6+. The Labute approximate surface area is 169 Å². The molecule has 5 nitrogen and oxygen atoms in total. The second-order valence-electron chi connectivity index (χ2n) is 6.33. The van der Waals surface area contributed by atoms with E-state index in [2.05, 4.69) is 20.7 Å². The predicted octanol–water partition coefficient (Wildman–Crippen LogP) is 3.58. The summed E-state index contributed by atoms with van der Waals surface area (Å²) < 4.78 is 28.1. The Bertz CT molecular complexity index is 890. The molecule has 0 saturated heterocycles. The molecule has 0 radical (unpaired) electrons. The summed E-state index contributed by atoms with van der Waals surface area (Å²) in [7, 11) is 0.317. The molecule has 0 saturated carbocycles. The lowest BCUT2D eigenvalue weighted by Crippen LogP contribution is -2.27. The Morgan fingerprint density at radius 3 is 2.30 bits per heavy atom. The average molecular weight is 451 g/mol. The number of halogens is 1. The average Bonchev–Trinajstić information content (AvgIpc) is 2.64. The second kappa shape index (κ2) is 9.94. The first-order valence-electron chi connectivity index (χ1n) is 8.50. The third kappa shape index (κ3) is 7.03. The van der Waals surface area contributed by atoms with Crippen molar-refractivity contribution in [2.45, 2.75) is 11.3 Å². The zero-order valence-corrected chi connectivity index (χ0v) is 17.8. The van der Waals surface area contributed by atoms with E-state index in [-0.39, 0.29) is 10.7 Å². The number of nitrogens with zero attached hydrogens (tertiary/aromatic N) is 1. The van der Waals surface area contributed by atoms with E-state index in [4.69, 9.17) is 0 Å². The van der Waals surface area contributed by atoms with Crippen molar-refractivity contribution < 1.29 is 13.2 Å². The number of allylic oxidation sites excluding steroid dienone is 1. The van der Waals surface area contributed by atoms with Crippen molar-refractivity contribution in [2.75, 3.05) is 27.2 Å². The minimum atomic E-state index is -3.56. The molecule has 0 aromatic heterocycles. The third-order valence-electron chi connectivity index (χ3n) is 3.82. The predicted molar refractivity (Wildman–Crippen MR) is 112 cm³/mol. The second-order valence-corrected chi connectivity index (χ2v) is 9.01. The number of hydrogen-bond acceptors (Lipinski definition) is 4. The van der Waals surface area contributed by atoms with Gasteiger partial charge in [-0.1, -0.05) is 34.1 Å². The zero-order valence-electron chi connectivity index (χ0n) is 15.4. The summed E-state index contributed by atoms with van der Waals surface area (Å²) in [6, 6.07) is 13.6. The van der Waals surface area contributed by atoms with Crippen LogP contribution < -0.4 is 4.72 Å². The van der Waals surface area contributed by atoms with E-state index in [0.29, 0.717) is 12.1 Å². The molecule has 0 amide bonds. The summed E-state index contributed by atoms with van der Waals surface area (Å²) >= 11 is 3.36. The Hall–Kier alpha value is -1.80. The highest BCUT2D eigenvalue weighted by molar-refractivity contribution is 9.10. The van der Waals surface area contributed by atoms with E-state index < -0.39 is 10.0 Å². The molecule has 2 aromatic rings. The van der Waals surface area contributed by atoms with Crippen LogP contribution in [-0.4, -0.2) is 46.3 Å². The first-order chi connectivity index (χ1) is 12.8. The molecule has 0 heterocycles. The van der Waals surface area contributed by atoms with Gasteiger partial charge in [0.15, 0.2) is 5.78 Å². The largest absolute Gasteiger partial charge is 0.309 e. The molecule has 144 valence electrons. The number of sulfonamides is 1. The maximum atomic E-state index is 12.3. The summed E-state index contributed by atoms with van der Waals surface area (Å²) in [5.74, 6) is -0.180. The molecule has 0 aliphatic rings. The van der Waals surface area contributed by atoms with Crippen LogP contribution in [0.15, 0.2) is 64.0 Å². The summed E-state index contributed by atoms with van der Waals surface area (Å²) in [6.45, 7) is 1.18. The van der Waals surface area contributed by atoms with Gasteiger partial charge in [-0.3, -0.25) is 4.79 Å². The van der Waals surface area contributed by atoms with E-state index in [1.165, 1.54) is 30.3 Å². The Morgan fingerprint density at radius 2 is 1.70 bits per heavy atom. The maximum Gasteiger partial charge on any atom is 0.240 e. The van der Waals surface area contributed by atoms with Crippen LogP contribution in [0.25, 0.3) is 6.08 Å². The number of carbonyl (C=O) groups excluding carboxylic acids is 1. The molecular formula is C20H23BrN2O3S. The van der Waals surface area contributed by atoms with Gasteiger partial charge in [-0.15, -0.1) is 0 Å². The van der Waals surface area contributed by atoms with Crippen LogP contribution in [0, 0.1) is 0 Å². The van der Waals surface area contributed by atoms with Crippen molar-refractivity contribution in [1.29, 1.82) is 0 Å². The minimum Gasteiger partial charge on any atom is -0.309 e. The topological polar surface area (TPSA) is 66.5 Å². The van der Waals surface area contributed by atoms with Crippen molar-refractivity contribution >= 4 is 37.8 Å². The van der Waals surface area contributed by atoms with Crippen LogP contribution in [0.4, 0.5) is 0 Å². The lowest BCUT2D eigenvalue weighted by atomic mass is 10.1. The molecule has 0 fully saturated rings. The van der Waals surface area contributed by atoms with Gasteiger partial charge in [0.2, 0.25) is 10.0 Å². The van der Waals surface area contributed by atoms with Gasteiger partial charge in [0.1, 0.15) is 0 Å². The molecule has 0 aliphatic carbocycles. The fourth-order valence-electron chi connectivity index (χ4n) is 2.33. The van der Waals surface area contributed by atoms with Crippen LogP contribution in [0.5, 0.6) is 0 Å². The highest BCUT2D eigenvalue weighted by atomic mass is 79.9. The molecule has 2 rings (SSSR count). The molecule has 1 N–H and O–H groups in total. The van der Waals surface area contributed by atoms with E-state index >= 15 is 0 Å². The van der Waals surface area contributed by atoms with E-state index in [0.717, 1.165) is 23.0 Å². The van der Waals surface area contributed by atoms with Crippen LogP contribution in [0.2, 0.25) is 0 Å². The van der Waals surface area contributed by atoms with Crippen molar-refractivity contribution in [1.82, 2.24) is 9.62 Å². The Kier molecular flexibility index (Phi) is 7.91. The lowest BCUT2D eigenvalue weighted by molar-refractivity contribution is 0.104. The fourth-order valence-corrected chi connectivity index (χ4v) is 3.66. The van der Waals surface area contributed by atoms with Crippen molar-refractivity contribution in [3.05, 3.63) is 70.2 Å². The summed E-state index contributed by atoms with van der Waals surface area (Å²) in [4.78, 5) is 14.4. The SMILES string of the molecule is CN(C)CCCNS(=O)(=O)c1ccc(C(=O)/C=C/c2ccc(Br)cc2)cc1. The summed E-state index contributed by atoms with van der Waals surface area (Å²) in [5.41, 5.74) is 1.35.